The Labute approximate surface area is 81.3 Å². The van der Waals surface area contributed by atoms with Crippen LogP contribution in [-0.4, -0.2) is 16.1 Å². The van der Waals surface area contributed by atoms with Gasteiger partial charge in [-0.1, -0.05) is 11.6 Å². The summed E-state index contributed by atoms with van der Waals surface area (Å²) >= 11 is 5.63. The zero-order valence-corrected chi connectivity index (χ0v) is 8.72. The van der Waals surface area contributed by atoms with Gasteiger partial charge in [-0.15, -0.1) is 17.0 Å². The number of aromatic nitrogens is 2. The number of hydrogen-bond donors (Lipinski definition) is 1. The highest BCUT2D eigenvalue weighted by molar-refractivity contribution is 8.93. The summed E-state index contributed by atoms with van der Waals surface area (Å²) in [4.78, 5) is 4.00. The quantitative estimate of drug-likeness (QED) is 0.849. The number of halogens is 2. The first-order valence-electron chi connectivity index (χ1n) is 3.13. The van der Waals surface area contributed by atoms with Crippen molar-refractivity contribution in [2.75, 3.05) is 6.54 Å². The van der Waals surface area contributed by atoms with E-state index in [2.05, 4.69) is 4.98 Å². The van der Waals surface area contributed by atoms with Crippen LogP contribution in [0.25, 0.3) is 0 Å². The Morgan fingerprint density at radius 3 is 2.73 bits per heavy atom. The van der Waals surface area contributed by atoms with Crippen LogP contribution in [0.2, 0.25) is 5.15 Å². The molecule has 0 aliphatic rings. The SMILES string of the molecule is Br.Cc1nc(Cl)cn1CCN. The third kappa shape index (κ3) is 2.81. The normalized spacial score (nSPS) is 9.36. The first-order chi connectivity index (χ1) is 4.74. The molecule has 1 rings (SSSR count). The van der Waals surface area contributed by atoms with E-state index in [9.17, 15) is 0 Å². The van der Waals surface area contributed by atoms with Crippen LogP contribution in [0.1, 0.15) is 5.82 Å². The molecule has 0 bridgehead atoms. The van der Waals surface area contributed by atoms with Gasteiger partial charge in [0.25, 0.3) is 0 Å². The molecule has 0 radical (unpaired) electrons. The van der Waals surface area contributed by atoms with Crippen LogP contribution in [0.4, 0.5) is 0 Å². The molecule has 0 saturated heterocycles. The smallest absolute Gasteiger partial charge is 0.147 e. The molecule has 0 saturated carbocycles. The van der Waals surface area contributed by atoms with Gasteiger partial charge in [0.05, 0.1) is 0 Å². The predicted octanol–water partition coefficient (Wildman–Crippen LogP) is 1.38. The third-order valence-electron chi connectivity index (χ3n) is 1.32. The second kappa shape index (κ2) is 4.74. The highest BCUT2D eigenvalue weighted by atomic mass is 79.9. The molecule has 0 spiro atoms. The zero-order valence-electron chi connectivity index (χ0n) is 6.25. The van der Waals surface area contributed by atoms with Crippen molar-refractivity contribution in [3.8, 4) is 0 Å². The monoisotopic (exact) mass is 239 g/mol. The van der Waals surface area contributed by atoms with Crippen LogP contribution in [-0.2, 0) is 6.54 Å². The van der Waals surface area contributed by atoms with E-state index in [1.54, 1.807) is 6.20 Å². The Kier molecular flexibility index (Phi) is 4.72. The van der Waals surface area contributed by atoms with E-state index >= 15 is 0 Å². The molecule has 11 heavy (non-hydrogen) atoms. The van der Waals surface area contributed by atoms with Crippen molar-refractivity contribution in [2.24, 2.45) is 5.73 Å². The number of rotatable bonds is 2. The molecule has 64 valence electrons. The molecule has 0 atom stereocenters. The zero-order chi connectivity index (χ0) is 7.56. The fourth-order valence-electron chi connectivity index (χ4n) is 0.835. The Morgan fingerprint density at radius 1 is 1.73 bits per heavy atom. The summed E-state index contributed by atoms with van der Waals surface area (Å²) in [7, 11) is 0. The Morgan fingerprint density at radius 2 is 2.36 bits per heavy atom. The number of nitrogens with two attached hydrogens (primary N) is 1. The van der Waals surface area contributed by atoms with E-state index in [1.807, 2.05) is 11.5 Å². The summed E-state index contributed by atoms with van der Waals surface area (Å²) in [5.74, 6) is 0.912. The first kappa shape index (κ1) is 10.9. The number of imidazole rings is 1. The molecule has 0 unspecified atom stereocenters. The van der Waals surface area contributed by atoms with Gasteiger partial charge in [-0.2, -0.15) is 0 Å². The van der Waals surface area contributed by atoms with E-state index in [0.717, 1.165) is 12.4 Å². The van der Waals surface area contributed by atoms with Crippen molar-refractivity contribution in [1.29, 1.82) is 0 Å². The molecule has 5 heteroatoms. The molecule has 2 N–H and O–H groups in total. The van der Waals surface area contributed by atoms with Gasteiger partial charge < -0.3 is 10.3 Å². The van der Waals surface area contributed by atoms with Crippen molar-refractivity contribution in [3.63, 3.8) is 0 Å². The summed E-state index contributed by atoms with van der Waals surface area (Å²) in [6, 6.07) is 0. The lowest BCUT2D eigenvalue weighted by molar-refractivity contribution is 0.684. The van der Waals surface area contributed by atoms with E-state index < -0.39 is 0 Å². The summed E-state index contributed by atoms with van der Waals surface area (Å²) < 4.78 is 1.93. The van der Waals surface area contributed by atoms with Gasteiger partial charge in [0, 0.05) is 19.3 Å². The van der Waals surface area contributed by atoms with E-state index in [1.165, 1.54) is 0 Å². The van der Waals surface area contributed by atoms with E-state index in [0.29, 0.717) is 11.7 Å². The largest absolute Gasteiger partial charge is 0.332 e. The first-order valence-corrected chi connectivity index (χ1v) is 3.51. The van der Waals surface area contributed by atoms with Gasteiger partial charge in [-0.25, -0.2) is 4.98 Å². The molecule has 0 fully saturated rings. The lowest BCUT2D eigenvalue weighted by Gasteiger charge is -1.98. The van der Waals surface area contributed by atoms with Gasteiger partial charge in [-0.05, 0) is 6.92 Å². The second-order valence-corrected chi connectivity index (χ2v) is 2.48. The highest BCUT2D eigenvalue weighted by Crippen LogP contribution is 2.06. The van der Waals surface area contributed by atoms with Crippen molar-refractivity contribution >= 4 is 28.6 Å². The molecule has 0 aliphatic heterocycles. The lowest BCUT2D eigenvalue weighted by atomic mass is 10.6. The second-order valence-electron chi connectivity index (χ2n) is 2.09. The van der Waals surface area contributed by atoms with E-state index in [-0.39, 0.29) is 17.0 Å². The molecule has 1 heterocycles. The van der Waals surface area contributed by atoms with Gasteiger partial charge in [0.1, 0.15) is 11.0 Å². The van der Waals surface area contributed by atoms with Crippen LogP contribution >= 0.6 is 28.6 Å². The summed E-state index contributed by atoms with van der Waals surface area (Å²) in [6.45, 7) is 3.31. The predicted molar refractivity (Wildman–Crippen MR) is 51.4 cm³/mol. The van der Waals surface area contributed by atoms with E-state index in [4.69, 9.17) is 17.3 Å². The minimum absolute atomic E-state index is 0. The van der Waals surface area contributed by atoms with Crippen molar-refractivity contribution < 1.29 is 0 Å². The molecular formula is C6H11BrClN3. The Bertz CT molecular complexity index is 224. The lowest BCUT2D eigenvalue weighted by Crippen LogP contribution is -2.09. The third-order valence-corrected chi connectivity index (χ3v) is 1.50. The van der Waals surface area contributed by atoms with Gasteiger partial charge in [-0.3, -0.25) is 0 Å². The maximum absolute atomic E-state index is 5.63. The Balaban J connectivity index is 0.000001000. The maximum Gasteiger partial charge on any atom is 0.147 e. The minimum Gasteiger partial charge on any atom is -0.332 e. The summed E-state index contributed by atoms with van der Waals surface area (Å²) in [5, 5.41) is 0.533. The van der Waals surface area contributed by atoms with Gasteiger partial charge in [0.2, 0.25) is 0 Å². The molecule has 0 amide bonds. The average molecular weight is 241 g/mol. The molecule has 0 aromatic carbocycles. The van der Waals surface area contributed by atoms with Crippen molar-refractivity contribution in [1.82, 2.24) is 9.55 Å². The van der Waals surface area contributed by atoms with Crippen LogP contribution in [0.15, 0.2) is 6.20 Å². The average Bonchev–Trinajstić information content (AvgIpc) is 2.13. The van der Waals surface area contributed by atoms with Crippen LogP contribution in [0.5, 0.6) is 0 Å². The van der Waals surface area contributed by atoms with Crippen LogP contribution < -0.4 is 5.73 Å². The molecule has 0 aliphatic carbocycles. The molecule has 1 aromatic heterocycles. The number of aryl methyl sites for hydroxylation is 1. The minimum atomic E-state index is 0. The molecular weight excluding hydrogens is 229 g/mol. The highest BCUT2D eigenvalue weighted by Gasteiger charge is 1.98. The fraction of sp³-hybridized carbons (Fsp3) is 0.500. The number of hydrogen-bond acceptors (Lipinski definition) is 2. The molecule has 3 nitrogen and oxygen atoms in total. The van der Waals surface area contributed by atoms with Gasteiger partial charge in [0.15, 0.2) is 0 Å². The maximum atomic E-state index is 5.63. The summed E-state index contributed by atoms with van der Waals surface area (Å²) in [5.41, 5.74) is 5.35. The summed E-state index contributed by atoms with van der Waals surface area (Å²) in [6.07, 6.45) is 1.78. The topological polar surface area (TPSA) is 43.8 Å². The van der Waals surface area contributed by atoms with Crippen molar-refractivity contribution in [3.05, 3.63) is 17.2 Å². The molecule has 1 aromatic rings. The standard InChI is InChI=1S/C6H10ClN3.BrH/c1-5-9-6(7)4-10(5)3-2-8;/h4H,2-3,8H2,1H3;1H. The Hall–Kier alpha value is -0.0600. The van der Waals surface area contributed by atoms with Gasteiger partial charge >= 0.3 is 0 Å². The fourth-order valence-corrected chi connectivity index (χ4v) is 1.08. The van der Waals surface area contributed by atoms with Crippen molar-refractivity contribution in [2.45, 2.75) is 13.5 Å². The van der Waals surface area contributed by atoms with Crippen LogP contribution in [0, 0.1) is 6.92 Å². The number of nitrogens with zero attached hydrogens (tertiary/aromatic N) is 2. The van der Waals surface area contributed by atoms with Crippen LogP contribution in [0.3, 0.4) is 0 Å².